The van der Waals surface area contributed by atoms with E-state index in [4.69, 9.17) is 5.73 Å². The van der Waals surface area contributed by atoms with Gasteiger partial charge >= 0.3 is 0 Å². The molecule has 2 heteroatoms. The van der Waals surface area contributed by atoms with Gasteiger partial charge in [0.1, 0.15) is 0 Å². The van der Waals surface area contributed by atoms with Gasteiger partial charge in [0.25, 0.3) is 0 Å². The molecule has 1 aromatic carbocycles. The third kappa shape index (κ3) is 1.26. The van der Waals surface area contributed by atoms with Crippen LogP contribution >= 0.6 is 0 Å². The molecule has 0 aromatic heterocycles. The molecule has 2 unspecified atom stereocenters. The zero-order valence-electron chi connectivity index (χ0n) is 9.12. The third-order valence-corrected chi connectivity index (χ3v) is 3.51. The van der Waals surface area contributed by atoms with Gasteiger partial charge < -0.3 is 5.73 Å². The minimum Gasteiger partial charge on any atom is -0.326 e. The van der Waals surface area contributed by atoms with Gasteiger partial charge in [0, 0.05) is 18.6 Å². The molecule has 0 bridgehead atoms. The topological polar surface area (TPSA) is 29.3 Å². The highest BCUT2D eigenvalue weighted by Gasteiger charge is 2.29. The number of hydrogen-bond donors (Lipinski definition) is 1. The number of rotatable bonds is 1. The first kappa shape index (κ1) is 9.69. The second-order valence-corrected chi connectivity index (χ2v) is 4.18. The lowest BCUT2D eigenvalue weighted by Gasteiger charge is -2.20. The Morgan fingerprint density at radius 2 is 1.86 bits per heavy atom. The number of benzene rings is 1. The molecule has 1 heterocycles. The molecule has 0 amide bonds. The van der Waals surface area contributed by atoms with Crippen LogP contribution in [-0.4, -0.2) is 11.9 Å². The largest absolute Gasteiger partial charge is 0.326 e. The van der Waals surface area contributed by atoms with Crippen molar-refractivity contribution in [3.8, 4) is 0 Å². The molecule has 0 aliphatic carbocycles. The van der Waals surface area contributed by atoms with E-state index in [0.717, 1.165) is 0 Å². The molecule has 1 aromatic rings. The summed E-state index contributed by atoms with van der Waals surface area (Å²) >= 11 is 0. The average Bonchev–Trinajstić information content (AvgIpc) is 2.44. The molecular formula is C12H18N2. The summed E-state index contributed by atoms with van der Waals surface area (Å²) < 4.78 is 0. The lowest BCUT2D eigenvalue weighted by Crippen LogP contribution is -2.17. The Kier molecular flexibility index (Phi) is 2.33. The molecule has 0 fully saturated rings. The van der Waals surface area contributed by atoms with Crippen LogP contribution in [0.5, 0.6) is 0 Å². The summed E-state index contributed by atoms with van der Waals surface area (Å²) in [6, 6.07) is 7.67. The van der Waals surface area contributed by atoms with E-state index in [9.17, 15) is 0 Å². The predicted molar refractivity (Wildman–Crippen MR) is 58.9 cm³/mol. The number of hydrogen-bond acceptors (Lipinski definition) is 2. The van der Waals surface area contributed by atoms with Crippen molar-refractivity contribution in [3.63, 3.8) is 0 Å². The first-order valence-corrected chi connectivity index (χ1v) is 5.20. The summed E-state index contributed by atoms with van der Waals surface area (Å²) in [6.07, 6.45) is 0. The van der Waals surface area contributed by atoms with Crippen LogP contribution < -0.4 is 5.73 Å². The number of fused-ring (bicyclic) bond motifs is 1. The van der Waals surface area contributed by atoms with Gasteiger partial charge in [0.2, 0.25) is 0 Å². The van der Waals surface area contributed by atoms with Crippen molar-refractivity contribution >= 4 is 0 Å². The van der Waals surface area contributed by atoms with Crippen molar-refractivity contribution in [2.24, 2.45) is 5.73 Å². The van der Waals surface area contributed by atoms with Crippen LogP contribution in [0.25, 0.3) is 0 Å². The van der Waals surface area contributed by atoms with Crippen molar-refractivity contribution in [2.75, 3.05) is 7.05 Å². The number of nitrogens with zero attached hydrogens (tertiary/aromatic N) is 1. The Labute approximate surface area is 85.7 Å². The molecule has 2 N–H and O–H groups in total. The zero-order valence-corrected chi connectivity index (χ0v) is 9.12. The normalized spacial score (nSPS) is 26.6. The molecule has 76 valence electrons. The van der Waals surface area contributed by atoms with E-state index < -0.39 is 0 Å². The molecule has 0 spiro atoms. The molecule has 0 saturated heterocycles. The summed E-state index contributed by atoms with van der Waals surface area (Å²) in [4.78, 5) is 2.39. The highest BCUT2D eigenvalue weighted by atomic mass is 15.2. The zero-order chi connectivity index (χ0) is 10.3. The van der Waals surface area contributed by atoms with Crippen molar-refractivity contribution in [2.45, 2.75) is 32.5 Å². The van der Waals surface area contributed by atoms with E-state index in [1.165, 1.54) is 16.7 Å². The van der Waals surface area contributed by atoms with E-state index in [1.54, 1.807) is 0 Å². The fourth-order valence-electron chi connectivity index (χ4n) is 2.27. The lowest BCUT2D eigenvalue weighted by molar-refractivity contribution is 0.233. The second-order valence-electron chi connectivity index (χ2n) is 4.18. The van der Waals surface area contributed by atoms with Crippen LogP contribution in [-0.2, 0) is 6.54 Å². The molecule has 2 rings (SSSR count). The molecule has 14 heavy (non-hydrogen) atoms. The van der Waals surface area contributed by atoms with Crippen LogP contribution in [0.1, 0.15) is 42.6 Å². The summed E-state index contributed by atoms with van der Waals surface area (Å²) in [7, 11) is 2.18. The van der Waals surface area contributed by atoms with Gasteiger partial charge in [-0.05, 0) is 37.6 Å². The first-order chi connectivity index (χ1) is 6.65. The molecule has 2 atom stereocenters. The van der Waals surface area contributed by atoms with Gasteiger partial charge in [-0.1, -0.05) is 18.2 Å². The predicted octanol–water partition coefficient (Wildman–Crippen LogP) is 2.21. The van der Waals surface area contributed by atoms with Gasteiger partial charge in [-0.15, -0.1) is 0 Å². The van der Waals surface area contributed by atoms with E-state index in [0.29, 0.717) is 18.6 Å². The van der Waals surface area contributed by atoms with Crippen LogP contribution in [0.15, 0.2) is 18.2 Å². The Morgan fingerprint density at radius 3 is 2.50 bits per heavy atom. The minimum atomic E-state index is 0.520. The SMILES string of the molecule is CC1c2ccc(CN)cc2C(C)N1C. The summed E-state index contributed by atoms with van der Waals surface area (Å²) in [5.41, 5.74) is 9.78. The average molecular weight is 190 g/mol. The van der Waals surface area contributed by atoms with Gasteiger partial charge in [0.15, 0.2) is 0 Å². The van der Waals surface area contributed by atoms with Gasteiger partial charge in [-0.3, -0.25) is 4.90 Å². The van der Waals surface area contributed by atoms with Crippen molar-refractivity contribution < 1.29 is 0 Å². The fraction of sp³-hybridized carbons (Fsp3) is 0.500. The summed E-state index contributed by atoms with van der Waals surface area (Å²) in [5, 5.41) is 0. The fourth-order valence-corrected chi connectivity index (χ4v) is 2.27. The summed E-state index contributed by atoms with van der Waals surface area (Å²) in [6.45, 7) is 5.14. The lowest BCUT2D eigenvalue weighted by atomic mass is 10.0. The van der Waals surface area contributed by atoms with Gasteiger partial charge in [-0.2, -0.15) is 0 Å². The van der Waals surface area contributed by atoms with Gasteiger partial charge in [0.05, 0.1) is 0 Å². The smallest absolute Gasteiger partial charge is 0.0326 e. The highest BCUT2D eigenvalue weighted by molar-refractivity contribution is 5.39. The first-order valence-electron chi connectivity index (χ1n) is 5.20. The van der Waals surface area contributed by atoms with Crippen LogP contribution in [0.2, 0.25) is 0 Å². The maximum absolute atomic E-state index is 5.65. The quantitative estimate of drug-likeness (QED) is 0.735. The van der Waals surface area contributed by atoms with Crippen molar-refractivity contribution in [1.29, 1.82) is 0 Å². The van der Waals surface area contributed by atoms with Crippen LogP contribution in [0, 0.1) is 0 Å². The maximum atomic E-state index is 5.65. The Morgan fingerprint density at radius 1 is 1.21 bits per heavy atom. The van der Waals surface area contributed by atoms with E-state index in [1.807, 2.05) is 0 Å². The Bertz CT molecular complexity index is 346. The molecule has 0 saturated carbocycles. The molecular weight excluding hydrogens is 172 g/mol. The number of nitrogens with two attached hydrogens (primary N) is 1. The molecule has 1 aliphatic heterocycles. The molecule has 2 nitrogen and oxygen atoms in total. The maximum Gasteiger partial charge on any atom is 0.0326 e. The second kappa shape index (κ2) is 3.37. The third-order valence-electron chi connectivity index (χ3n) is 3.51. The van der Waals surface area contributed by atoms with Crippen molar-refractivity contribution in [3.05, 3.63) is 34.9 Å². The van der Waals surface area contributed by atoms with Crippen LogP contribution in [0.3, 0.4) is 0 Å². The van der Waals surface area contributed by atoms with Gasteiger partial charge in [-0.25, -0.2) is 0 Å². The monoisotopic (exact) mass is 190 g/mol. The standard InChI is InChI=1S/C12H18N2/c1-8-11-5-4-10(7-13)6-12(11)9(2)14(8)3/h4-6,8-9H,7,13H2,1-3H3. The summed E-state index contributed by atoms with van der Waals surface area (Å²) in [5.74, 6) is 0. The van der Waals surface area contributed by atoms with Crippen molar-refractivity contribution in [1.82, 2.24) is 4.90 Å². The molecule has 1 aliphatic rings. The van der Waals surface area contributed by atoms with E-state index >= 15 is 0 Å². The minimum absolute atomic E-state index is 0.520. The highest BCUT2D eigenvalue weighted by Crippen LogP contribution is 2.40. The van der Waals surface area contributed by atoms with E-state index in [2.05, 4.69) is 44.0 Å². The Balaban J connectivity index is 2.48. The van der Waals surface area contributed by atoms with E-state index in [-0.39, 0.29) is 0 Å². The Hall–Kier alpha value is -0.860. The van der Waals surface area contributed by atoms with Crippen LogP contribution in [0.4, 0.5) is 0 Å². The molecule has 0 radical (unpaired) electrons.